The van der Waals surface area contributed by atoms with E-state index in [1.165, 1.54) is 59.3 Å². The molecule has 4 aromatic rings. The third kappa shape index (κ3) is 5.77. The molecule has 0 bridgehead atoms. The maximum absolute atomic E-state index is 3.08. The Morgan fingerprint density at radius 3 is 1.26 bits per heavy atom. The molecule has 2 aliphatic carbocycles. The van der Waals surface area contributed by atoms with Gasteiger partial charge in [-0.25, -0.2) is 0 Å². The molecule has 3 heteroatoms. The zero-order valence-corrected chi connectivity index (χ0v) is 33.6. The fraction of sp³-hybridized carbons (Fsp3) is 0.349. The number of halogens is 2. The molecule has 0 spiro atoms. The van der Waals surface area contributed by atoms with Crippen molar-refractivity contribution in [2.75, 3.05) is 0 Å². The molecule has 0 nitrogen and oxygen atoms in total. The normalized spacial score (nSPS) is 19.0. The van der Waals surface area contributed by atoms with Crippen LogP contribution < -0.4 is 0 Å². The van der Waals surface area contributed by atoms with Crippen LogP contribution in [-0.2, 0) is 32.8 Å². The van der Waals surface area contributed by atoms with Gasteiger partial charge in [-0.05, 0) is 0 Å². The largest absolute Gasteiger partial charge is 0.147 e. The monoisotopic (exact) mass is 816 g/mol. The van der Waals surface area contributed by atoms with Crippen LogP contribution in [0.1, 0.15) is 88.7 Å². The first kappa shape index (κ1) is 35.1. The van der Waals surface area contributed by atoms with E-state index in [-0.39, 0.29) is 24.8 Å². The third-order valence-corrected chi connectivity index (χ3v) is 33.4. The minimum atomic E-state index is -3.08. The molecule has 240 valence electrons. The summed E-state index contributed by atoms with van der Waals surface area (Å²) in [6, 6.07) is 33.3. The van der Waals surface area contributed by atoms with Crippen LogP contribution in [0.4, 0.5) is 0 Å². The molecule has 2 unspecified atom stereocenters. The van der Waals surface area contributed by atoms with E-state index in [0.29, 0.717) is 19.2 Å². The van der Waals surface area contributed by atoms with Crippen LogP contribution in [0.15, 0.2) is 96.1 Å². The average Bonchev–Trinajstić information content (AvgIpc) is 3.61. The molecule has 3 aliphatic rings. The molecule has 1 heterocycles. The molecule has 4 aromatic carbocycles. The fourth-order valence-corrected chi connectivity index (χ4v) is 32.4. The van der Waals surface area contributed by atoms with E-state index < -0.39 is 20.0 Å². The molecule has 0 radical (unpaired) electrons. The second-order valence-electron chi connectivity index (χ2n) is 14.3. The van der Waals surface area contributed by atoms with Gasteiger partial charge in [-0.1, -0.05) is 0 Å². The molecule has 1 aliphatic heterocycles. The van der Waals surface area contributed by atoms with Crippen molar-refractivity contribution in [3.63, 3.8) is 0 Å². The van der Waals surface area contributed by atoms with Crippen molar-refractivity contribution >= 4 is 37.0 Å². The minimum Gasteiger partial charge on any atom is -0.147 e. The fourth-order valence-electron chi connectivity index (χ4n) is 8.81. The second kappa shape index (κ2) is 14.1. The van der Waals surface area contributed by atoms with Gasteiger partial charge < -0.3 is 0 Å². The number of fused-ring (bicyclic) bond motifs is 2. The Morgan fingerprint density at radius 2 is 0.957 bits per heavy atom. The Labute approximate surface area is 295 Å². The van der Waals surface area contributed by atoms with E-state index in [4.69, 9.17) is 0 Å². The Bertz CT molecular complexity index is 1630. The zero-order chi connectivity index (χ0) is 30.6. The van der Waals surface area contributed by atoms with Crippen LogP contribution in [0.5, 0.6) is 0 Å². The predicted molar refractivity (Wildman–Crippen MR) is 202 cm³/mol. The molecular weight excluding hydrogens is 766 g/mol. The summed E-state index contributed by atoms with van der Waals surface area (Å²) in [5.74, 6) is 1.13. The SMILES string of the molecule is CCc1ccc(-c2cccc3c2C=C(C(C)C)[CH]3[Hf]2([CH]3C(C(C)C)=Cc4c(-c5ccc(CC)cc5)cccc43)[CH2]C[CH2]2)cc1.Cl.Cl. The van der Waals surface area contributed by atoms with Crippen molar-refractivity contribution in [3.05, 3.63) is 129 Å². The van der Waals surface area contributed by atoms with Gasteiger partial charge in [0.2, 0.25) is 0 Å². The summed E-state index contributed by atoms with van der Waals surface area (Å²) >= 11 is -3.08. The maximum Gasteiger partial charge on any atom is -0.147 e. The maximum atomic E-state index is 2.66. The van der Waals surface area contributed by atoms with Gasteiger partial charge in [0.05, 0.1) is 0 Å². The first-order chi connectivity index (χ1) is 21.4. The smallest absolute Gasteiger partial charge is 0.147 e. The molecule has 0 saturated carbocycles. The number of hydrogen-bond donors (Lipinski definition) is 0. The van der Waals surface area contributed by atoms with Gasteiger partial charge in [0.25, 0.3) is 0 Å². The Balaban J connectivity index is 0.00000208. The molecular formula is C43H50Cl2Hf. The molecule has 46 heavy (non-hydrogen) atoms. The molecule has 2 atom stereocenters. The summed E-state index contributed by atoms with van der Waals surface area (Å²) in [6.07, 6.45) is 8.92. The number of hydrogen-bond acceptors (Lipinski definition) is 0. The predicted octanol–water partition coefficient (Wildman–Crippen LogP) is 13.3. The molecule has 0 aromatic heterocycles. The standard InChI is InChI=1S/2C20H21.C3H6.2ClH.Hf/c2*1-4-15-8-10-16(11-9-15)19-7-5-6-17-12-18(14(2)3)13-20(17)19;1-3-2;;;/h2*5-14H,4H2,1-3H3;1-3H2;2*1H;. The van der Waals surface area contributed by atoms with Crippen molar-refractivity contribution in [2.45, 2.75) is 76.5 Å². The Kier molecular flexibility index (Phi) is 10.8. The number of aryl methyl sites for hydroxylation is 2. The topological polar surface area (TPSA) is 0 Å². The van der Waals surface area contributed by atoms with Gasteiger partial charge in [-0.3, -0.25) is 0 Å². The van der Waals surface area contributed by atoms with Crippen molar-refractivity contribution in [2.24, 2.45) is 11.8 Å². The van der Waals surface area contributed by atoms with Crippen LogP contribution >= 0.6 is 24.8 Å². The van der Waals surface area contributed by atoms with Gasteiger partial charge in [0, 0.05) is 0 Å². The van der Waals surface area contributed by atoms with Crippen LogP contribution in [0.2, 0.25) is 8.35 Å². The molecule has 0 N–H and O–H groups in total. The molecule has 0 amide bonds. The van der Waals surface area contributed by atoms with Gasteiger partial charge in [-0.15, -0.1) is 24.8 Å². The molecule has 1 saturated heterocycles. The van der Waals surface area contributed by atoms with E-state index in [1.807, 2.05) is 0 Å². The van der Waals surface area contributed by atoms with Gasteiger partial charge in [0.1, 0.15) is 0 Å². The van der Waals surface area contributed by atoms with Crippen LogP contribution in [0, 0.1) is 11.8 Å². The molecule has 1 fully saturated rings. The van der Waals surface area contributed by atoms with E-state index >= 15 is 0 Å². The number of rotatable bonds is 8. The van der Waals surface area contributed by atoms with Crippen molar-refractivity contribution in [1.82, 2.24) is 0 Å². The van der Waals surface area contributed by atoms with E-state index in [0.717, 1.165) is 12.8 Å². The van der Waals surface area contributed by atoms with Crippen LogP contribution in [0.25, 0.3) is 34.4 Å². The van der Waals surface area contributed by atoms with E-state index in [1.54, 1.807) is 22.3 Å². The first-order valence-corrected chi connectivity index (χ1v) is 26.5. The summed E-state index contributed by atoms with van der Waals surface area (Å²) in [5.41, 5.74) is 18.3. The van der Waals surface area contributed by atoms with Gasteiger partial charge in [-0.2, -0.15) is 0 Å². The quantitative estimate of drug-likeness (QED) is 0.155. The van der Waals surface area contributed by atoms with Crippen molar-refractivity contribution in [1.29, 1.82) is 0 Å². The molecule has 7 rings (SSSR count). The number of allylic oxidation sites excluding steroid dienone is 2. The summed E-state index contributed by atoms with van der Waals surface area (Å²) < 4.78 is 4.37. The van der Waals surface area contributed by atoms with E-state index in [9.17, 15) is 0 Å². The zero-order valence-electron chi connectivity index (χ0n) is 28.4. The summed E-state index contributed by atoms with van der Waals surface area (Å²) in [4.78, 5) is 0. The number of benzene rings is 4. The second-order valence-corrected chi connectivity index (χ2v) is 30.9. The summed E-state index contributed by atoms with van der Waals surface area (Å²) in [7, 11) is 0. The van der Waals surface area contributed by atoms with Crippen LogP contribution in [-0.4, -0.2) is 0 Å². The Hall–Kier alpha value is -2.19. The first-order valence-electron chi connectivity index (χ1n) is 17.2. The van der Waals surface area contributed by atoms with Gasteiger partial charge in [0.15, 0.2) is 0 Å². The van der Waals surface area contributed by atoms with Gasteiger partial charge >= 0.3 is 272 Å². The average molecular weight is 816 g/mol. The summed E-state index contributed by atoms with van der Waals surface area (Å²) in [6.45, 7) is 14.3. The Morgan fingerprint density at radius 1 is 0.565 bits per heavy atom. The van der Waals surface area contributed by atoms with Crippen molar-refractivity contribution < 1.29 is 20.0 Å². The van der Waals surface area contributed by atoms with Crippen LogP contribution in [0.3, 0.4) is 0 Å². The van der Waals surface area contributed by atoms with Crippen molar-refractivity contribution in [3.8, 4) is 22.3 Å². The van der Waals surface area contributed by atoms with E-state index in [2.05, 4.69) is 139 Å². The summed E-state index contributed by atoms with van der Waals surface area (Å²) in [5, 5.41) is 0. The third-order valence-electron chi connectivity index (χ3n) is 11.3. The minimum absolute atomic E-state index is 0.